The van der Waals surface area contributed by atoms with Crippen molar-refractivity contribution < 1.29 is 0 Å². The average molecular weight is 250 g/mol. The first kappa shape index (κ1) is 14.0. The third-order valence-corrected chi connectivity index (χ3v) is 3.08. The van der Waals surface area contributed by atoms with Crippen LogP contribution in [0.2, 0.25) is 0 Å². The summed E-state index contributed by atoms with van der Waals surface area (Å²) in [7, 11) is 0. The van der Waals surface area contributed by atoms with E-state index in [-0.39, 0.29) is 0 Å². The first-order valence-electron chi connectivity index (χ1n) is 6.25. The first-order chi connectivity index (χ1) is 8.13. The Morgan fingerprint density at radius 2 is 1.94 bits per heavy atom. The molecule has 2 N–H and O–H groups in total. The van der Waals surface area contributed by atoms with E-state index in [0.29, 0.717) is 5.11 Å². The summed E-state index contributed by atoms with van der Waals surface area (Å²) >= 11 is 5.24. The lowest BCUT2D eigenvalue weighted by atomic mass is 10.1. The van der Waals surface area contributed by atoms with Crippen LogP contribution in [-0.4, -0.2) is 11.7 Å². The zero-order valence-electron chi connectivity index (χ0n) is 11.0. The maximum atomic E-state index is 5.24. The van der Waals surface area contributed by atoms with Gasteiger partial charge in [0, 0.05) is 12.2 Å². The van der Waals surface area contributed by atoms with Gasteiger partial charge in [0.1, 0.15) is 0 Å². The van der Waals surface area contributed by atoms with Crippen molar-refractivity contribution in [1.29, 1.82) is 0 Å². The van der Waals surface area contributed by atoms with E-state index in [9.17, 15) is 0 Å². The number of anilines is 1. The summed E-state index contributed by atoms with van der Waals surface area (Å²) in [6.07, 6.45) is 3.66. The van der Waals surface area contributed by atoms with Gasteiger partial charge in [-0.05, 0) is 55.7 Å². The Labute approximate surface area is 110 Å². The molecule has 1 aromatic carbocycles. The molecule has 0 bridgehead atoms. The fourth-order valence-corrected chi connectivity index (χ4v) is 1.79. The number of rotatable bonds is 5. The smallest absolute Gasteiger partial charge is 0.170 e. The fourth-order valence-electron chi connectivity index (χ4n) is 1.57. The molecular formula is C14H22N2S. The summed E-state index contributed by atoms with van der Waals surface area (Å²) < 4.78 is 0. The van der Waals surface area contributed by atoms with E-state index in [1.165, 1.54) is 30.4 Å². The zero-order chi connectivity index (χ0) is 12.7. The van der Waals surface area contributed by atoms with E-state index >= 15 is 0 Å². The maximum absolute atomic E-state index is 5.24. The van der Waals surface area contributed by atoms with Crippen LogP contribution in [0.4, 0.5) is 5.69 Å². The lowest BCUT2D eigenvalue weighted by Crippen LogP contribution is -2.29. The normalized spacial score (nSPS) is 10.1. The van der Waals surface area contributed by atoms with Gasteiger partial charge >= 0.3 is 0 Å². The summed E-state index contributed by atoms with van der Waals surface area (Å²) in [5.41, 5.74) is 3.64. The molecule has 0 aliphatic rings. The molecule has 2 nitrogen and oxygen atoms in total. The Morgan fingerprint density at radius 3 is 2.59 bits per heavy atom. The topological polar surface area (TPSA) is 24.1 Å². The van der Waals surface area contributed by atoms with Crippen LogP contribution in [-0.2, 0) is 0 Å². The van der Waals surface area contributed by atoms with Crippen molar-refractivity contribution >= 4 is 23.0 Å². The molecule has 0 aromatic heterocycles. The molecule has 0 heterocycles. The number of hydrogen-bond donors (Lipinski definition) is 2. The van der Waals surface area contributed by atoms with E-state index in [2.05, 4.69) is 49.6 Å². The minimum absolute atomic E-state index is 0.712. The number of thiocarbonyl (C=S) groups is 1. The average Bonchev–Trinajstić information content (AvgIpc) is 2.30. The molecule has 94 valence electrons. The Morgan fingerprint density at radius 1 is 1.18 bits per heavy atom. The van der Waals surface area contributed by atoms with Gasteiger partial charge in [0.25, 0.3) is 0 Å². The molecule has 1 aromatic rings. The second kappa shape index (κ2) is 7.28. The van der Waals surface area contributed by atoms with Crippen molar-refractivity contribution in [1.82, 2.24) is 5.32 Å². The van der Waals surface area contributed by atoms with Gasteiger partial charge in [-0.15, -0.1) is 0 Å². The van der Waals surface area contributed by atoms with Gasteiger partial charge in [-0.25, -0.2) is 0 Å². The third kappa shape index (κ3) is 5.18. The molecule has 0 unspecified atom stereocenters. The Balaban J connectivity index is 2.37. The lowest BCUT2D eigenvalue weighted by Gasteiger charge is -2.11. The van der Waals surface area contributed by atoms with Crippen LogP contribution in [0, 0.1) is 13.8 Å². The van der Waals surface area contributed by atoms with Crippen LogP contribution in [0.25, 0.3) is 0 Å². The second-order valence-corrected chi connectivity index (χ2v) is 4.80. The third-order valence-electron chi connectivity index (χ3n) is 2.83. The molecule has 0 radical (unpaired) electrons. The van der Waals surface area contributed by atoms with Crippen LogP contribution in [0.3, 0.4) is 0 Å². The molecule has 0 amide bonds. The minimum Gasteiger partial charge on any atom is -0.362 e. The van der Waals surface area contributed by atoms with E-state index in [4.69, 9.17) is 12.2 Å². The number of unbranched alkanes of at least 4 members (excludes halogenated alkanes) is 2. The summed E-state index contributed by atoms with van der Waals surface area (Å²) in [5, 5.41) is 7.14. The SMILES string of the molecule is CCCCCNC(=S)Nc1ccc(C)c(C)c1. The van der Waals surface area contributed by atoms with Crippen LogP contribution < -0.4 is 10.6 Å². The van der Waals surface area contributed by atoms with Crippen molar-refractivity contribution in [2.75, 3.05) is 11.9 Å². The quantitative estimate of drug-likeness (QED) is 0.614. The Kier molecular flexibility index (Phi) is 5.98. The van der Waals surface area contributed by atoms with Crippen molar-refractivity contribution in [3.05, 3.63) is 29.3 Å². The van der Waals surface area contributed by atoms with Gasteiger partial charge in [-0.3, -0.25) is 0 Å². The van der Waals surface area contributed by atoms with E-state index < -0.39 is 0 Å². The highest BCUT2D eigenvalue weighted by Crippen LogP contribution is 2.13. The predicted octanol–water partition coefficient (Wildman–Crippen LogP) is 3.78. The van der Waals surface area contributed by atoms with Gasteiger partial charge in [0.15, 0.2) is 5.11 Å². The summed E-state index contributed by atoms with van der Waals surface area (Å²) in [6, 6.07) is 6.29. The van der Waals surface area contributed by atoms with Crippen LogP contribution >= 0.6 is 12.2 Å². The summed E-state index contributed by atoms with van der Waals surface area (Å²) in [6.45, 7) is 7.37. The van der Waals surface area contributed by atoms with Gasteiger partial charge in [-0.2, -0.15) is 0 Å². The molecular weight excluding hydrogens is 228 g/mol. The van der Waals surface area contributed by atoms with Crippen molar-refractivity contribution in [2.45, 2.75) is 40.0 Å². The number of aryl methyl sites for hydroxylation is 2. The van der Waals surface area contributed by atoms with Crippen molar-refractivity contribution in [3.8, 4) is 0 Å². The molecule has 0 aliphatic heterocycles. The van der Waals surface area contributed by atoms with Gasteiger partial charge in [0.05, 0.1) is 0 Å². The van der Waals surface area contributed by atoms with Crippen LogP contribution in [0.1, 0.15) is 37.3 Å². The number of nitrogens with one attached hydrogen (secondary N) is 2. The van der Waals surface area contributed by atoms with Gasteiger partial charge in [0.2, 0.25) is 0 Å². The summed E-state index contributed by atoms with van der Waals surface area (Å²) in [4.78, 5) is 0. The molecule has 0 aliphatic carbocycles. The number of benzene rings is 1. The zero-order valence-corrected chi connectivity index (χ0v) is 11.8. The molecule has 0 saturated heterocycles. The van der Waals surface area contributed by atoms with Gasteiger partial charge in [-0.1, -0.05) is 25.8 Å². The summed E-state index contributed by atoms with van der Waals surface area (Å²) in [5.74, 6) is 0. The van der Waals surface area contributed by atoms with Crippen molar-refractivity contribution in [2.24, 2.45) is 0 Å². The molecule has 0 atom stereocenters. The number of hydrogen-bond acceptors (Lipinski definition) is 1. The lowest BCUT2D eigenvalue weighted by molar-refractivity contribution is 0.698. The van der Waals surface area contributed by atoms with Crippen molar-refractivity contribution in [3.63, 3.8) is 0 Å². The standard InChI is InChI=1S/C14H22N2S/c1-4-5-6-9-15-14(17)16-13-8-7-11(2)12(3)10-13/h7-8,10H,4-6,9H2,1-3H3,(H2,15,16,17). The predicted molar refractivity (Wildman–Crippen MR) is 79.7 cm³/mol. The molecule has 0 spiro atoms. The van der Waals surface area contributed by atoms with E-state index in [0.717, 1.165) is 12.2 Å². The monoisotopic (exact) mass is 250 g/mol. The molecule has 0 fully saturated rings. The van der Waals surface area contributed by atoms with Crippen LogP contribution in [0.15, 0.2) is 18.2 Å². The Bertz CT molecular complexity index is 374. The van der Waals surface area contributed by atoms with Gasteiger partial charge < -0.3 is 10.6 Å². The molecule has 17 heavy (non-hydrogen) atoms. The highest BCUT2D eigenvalue weighted by atomic mass is 32.1. The molecule has 0 saturated carbocycles. The Hall–Kier alpha value is -1.09. The minimum atomic E-state index is 0.712. The molecule has 3 heteroatoms. The fraction of sp³-hybridized carbons (Fsp3) is 0.500. The van der Waals surface area contributed by atoms with Crippen LogP contribution in [0.5, 0.6) is 0 Å². The van der Waals surface area contributed by atoms with E-state index in [1.807, 2.05) is 0 Å². The second-order valence-electron chi connectivity index (χ2n) is 4.39. The largest absolute Gasteiger partial charge is 0.362 e. The maximum Gasteiger partial charge on any atom is 0.170 e. The molecule has 1 rings (SSSR count). The highest BCUT2D eigenvalue weighted by molar-refractivity contribution is 7.80. The first-order valence-corrected chi connectivity index (χ1v) is 6.66. The van der Waals surface area contributed by atoms with E-state index in [1.54, 1.807) is 0 Å². The highest BCUT2D eigenvalue weighted by Gasteiger charge is 1.98.